The number of hydrogen-bond donors (Lipinski definition) is 2. The molecule has 31 heavy (non-hydrogen) atoms. The van der Waals surface area contributed by atoms with Crippen LogP contribution < -0.4 is 20.1 Å². The first kappa shape index (κ1) is 26.8. The van der Waals surface area contributed by atoms with Crippen LogP contribution in [-0.4, -0.2) is 57.7 Å². The molecule has 0 aromatic heterocycles. The number of guanidine groups is 1. The Balaban J connectivity index is 0.00000480. The highest BCUT2D eigenvalue weighted by Crippen LogP contribution is 2.25. The van der Waals surface area contributed by atoms with Gasteiger partial charge in [-0.1, -0.05) is 23.7 Å². The van der Waals surface area contributed by atoms with Crippen molar-refractivity contribution in [2.45, 2.75) is 13.5 Å². The van der Waals surface area contributed by atoms with Crippen LogP contribution in [-0.2, 0) is 6.54 Å². The van der Waals surface area contributed by atoms with Gasteiger partial charge >= 0.3 is 0 Å². The fourth-order valence-electron chi connectivity index (χ4n) is 2.85. The zero-order valence-corrected chi connectivity index (χ0v) is 21.4. The highest BCUT2D eigenvalue weighted by Gasteiger charge is 2.12. The minimum absolute atomic E-state index is 0. The second kappa shape index (κ2) is 14.0. The zero-order chi connectivity index (χ0) is 21.9. The largest absolute Gasteiger partial charge is 0.497 e. The average Bonchev–Trinajstić information content (AvgIpc) is 2.76. The second-order valence-electron chi connectivity index (χ2n) is 6.51. The van der Waals surface area contributed by atoms with E-state index in [4.69, 9.17) is 21.1 Å². The topological polar surface area (TPSA) is 75.2 Å². The molecule has 0 aliphatic heterocycles. The van der Waals surface area contributed by atoms with Crippen molar-refractivity contribution in [1.29, 1.82) is 0 Å². The van der Waals surface area contributed by atoms with E-state index in [0.717, 1.165) is 29.6 Å². The molecule has 1 amide bonds. The molecule has 0 atom stereocenters. The average molecular weight is 561 g/mol. The zero-order valence-electron chi connectivity index (χ0n) is 18.3. The lowest BCUT2D eigenvalue weighted by molar-refractivity contribution is 0.0955. The van der Waals surface area contributed by atoms with Crippen LogP contribution in [0.2, 0.25) is 5.02 Å². The molecule has 2 rings (SSSR count). The molecule has 0 unspecified atom stereocenters. The summed E-state index contributed by atoms with van der Waals surface area (Å²) in [5.74, 6) is 2.02. The summed E-state index contributed by atoms with van der Waals surface area (Å²) in [6, 6.07) is 12.7. The number of hydrogen-bond acceptors (Lipinski definition) is 4. The number of nitrogens with one attached hydrogen (secondary N) is 2. The van der Waals surface area contributed by atoms with Crippen molar-refractivity contribution >= 4 is 47.4 Å². The van der Waals surface area contributed by atoms with E-state index < -0.39 is 0 Å². The molecule has 0 radical (unpaired) electrons. The van der Waals surface area contributed by atoms with Crippen LogP contribution in [0.15, 0.2) is 47.5 Å². The van der Waals surface area contributed by atoms with Gasteiger partial charge < -0.3 is 25.0 Å². The van der Waals surface area contributed by atoms with Gasteiger partial charge in [-0.2, -0.15) is 0 Å². The lowest BCUT2D eigenvalue weighted by Crippen LogP contribution is -2.39. The molecule has 0 fully saturated rings. The summed E-state index contributed by atoms with van der Waals surface area (Å²) in [6.45, 7) is 4.18. The first-order chi connectivity index (χ1) is 14.5. The SMILES string of the molecule is CCNC(=NCCNC(=O)c1ccccc1Cl)N(C)Cc1ccc(OC)cc1OC.I. The van der Waals surface area contributed by atoms with Gasteiger partial charge in [0.05, 0.1) is 31.4 Å². The van der Waals surface area contributed by atoms with Crippen molar-refractivity contribution < 1.29 is 14.3 Å². The van der Waals surface area contributed by atoms with Crippen molar-refractivity contribution in [3.63, 3.8) is 0 Å². The third-order valence-corrected chi connectivity index (χ3v) is 4.71. The number of benzene rings is 2. The minimum atomic E-state index is -0.211. The van der Waals surface area contributed by atoms with E-state index in [1.807, 2.05) is 37.1 Å². The van der Waals surface area contributed by atoms with Gasteiger partial charge in [-0.3, -0.25) is 9.79 Å². The first-order valence-corrected chi connectivity index (χ1v) is 10.1. The van der Waals surface area contributed by atoms with E-state index in [2.05, 4.69) is 15.6 Å². The molecule has 0 saturated heterocycles. The third-order valence-electron chi connectivity index (χ3n) is 4.38. The van der Waals surface area contributed by atoms with Crippen LogP contribution in [0.5, 0.6) is 11.5 Å². The van der Waals surface area contributed by atoms with Crippen LogP contribution in [0.4, 0.5) is 0 Å². The second-order valence-corrected chi connectivity index (χ2v) is 6.91. The number of methoxy groups -OCH3 is 2. The molecule has 0 bridgehead atoms. The first-order valence-electron chi connectivity index (χ1n) is 9.73. The number of amides is 1. The van der Waals surface area contributed by atoms with Gasteiger partial charge in [0.15, 0.2) is 5.96 Å². The molecular formula is C22H30ClIN4O3. The summed E-state index contributed by atoms with van der Waals surface area (Å²) >= 11 is 6.06. The number of nitrogens with zero attached hydrogens (tertiary/aromatic N) is 2. The van der Waals surface area contributed by atoms with Crippen molar-refractivity contribution in [2.75, 3.05) is 40.9 Å². The van der Waals surface area contributed by atoms with Gasteiger partial charge in [0, 0.05) is 38.3 Å². The van der Waals surface area contributed by atoms with E-state index in [1.165, 1.54) is 0 Å². The Morgan fingerprint density at radius 2 is 1.87 bits per heavy atom. The van der Waals surface area contributed by atoms with Crippen molar-refractivity contribution in [1.82, 2.24) is 15.5 Å². The van der Waals surface area contributed by atoms with E-state index >= 15 is 0 Å². The van der Waals surface area contributed by atoms with Crippen LogP contribution >= 0.6 is 35.6 Å². The quantitative estimate of drug-likeness (QED) is 0.211. The van der Waals surface area contributed by atoms with E-state index in [9.17, 15) is 4.79 Å². The molecule has 0 saturated carbocycles. The molecule has 0 aliphatic carbocycles. The highest BCUT2D eigenvalue weighted by atomic mass is 127. The summed E-state index contributed by atoms with van der Waals surface area (Å²) < 4.78 is 10.7. The molecule has 2 N–H and O–H groups in total. The Kier molecular flexibility index (Phi) is 12.1. The molecule has 0 heterocycles. The van der Waals surface area contributed by atoms with E-state index in [1.54, 1.807) is 38.5 Å². The number of ether oxygens (including phenoxy) is 2. The Hall–Kier alpha value is -2.20. The summed E-state index contributed by atoms with van der Waals surface area (Å²) in [5.41, 5.74) is 1.47. The summed E-state index contributed by atoms with van der Waals surface area (Å²) in [5, 5.41) is 6.54. The van der Waals surface area contributed by atoms with Gasteiger partial charge in [-0.15, -0.1) is 24.0 Å². The highest BCUT2D eigenvalue weighted by molar-refractivity contribution is 14.0. The third kappa shape index (κ3) is 8.10. The maximum atomic E-state index is 12.2. The van der Waals surface area contributed by atoms with Gasteiger partial charge in [0.25, 0.3) is 5.91 Å². The smallest absolute Gasteiger partial charge is 0.252 e. The van der Waals surface area contributed by atoms with E-state index in [0.29, 0.717) is 30.2 Å². The number of aliphatic imine (C=N–C) groups is 1. The molecule has 0 aliphatic rings. The fraction of sp³-hybridized carbons (Fsp3) is 0.364. The summed E-state index contributed by atoms with van der Waals surface area (Å²) in [6.07, 6.45) is 0. The monoisotopic (exact) mass is 560 g/mol. The normalized spacial score (nSPS) is 10.7. The molecule has 7 nitrogen and oxygen atoms in total. The summed E-state index contributed by atoms with van der Waals surface area (Å²) in [7, 11) is 5.22. The van der Waals surface area contributed by atoms with Crippen LogP contribution in [0.25, 0.3) is 0 Å². The molecule has 9 heteroatoms. The number of rotatable bonds is 9. The molecule has 170 valence electrons. The van der Waals surface area contributed by atoms with Gasteiger partial charge in [0.2, 0.25) is 0 Å². The van der Waals surface area contributed by atoms with Gasteiger partial charge in [-0.25, -0.2) is 0 Å². The summed E-state index contributed by atoms with van der Waals surface area (Å²) in [4.78, 5) is 18.8. The van der Waals surface area contributed by atoms with Gasteiger partial charge in [-0.05, 0) is 31.2 Å². The maximum Gasteiger partial charge on any atom is 0.252 e. The lowest BCUT2D eigenvalue weighted by Gasteiger charge is -2.23. The van der Waals surface area contributed by atoms with Crippen LogP contribution in [0.1, 0.15) is 22.8 Å². The van der Waals surface area contributed by atoms with Crippen molar-refractivity contribution in [3.8, 4) is 11.5 Å². The Morgan fingerprint density at radius 3 is 2.52 bits per heavy atom. The number of carbonyl (C=O) groups excluding carboxylic acids is 1. The Labute approximate surface area is 206 Å². The predicted molar refractivity (Wildman–Crippen MR) is 136 cm³/mol. The van der Waals surface area contributed by atoms with Gasteiger partial charge in [0.1, 0.15) is 11.5 Å². The lowest BCUT2D eigenvalue weighted by atomic mass is 10.2. The minimum Gasteiger partial charge on any atom is -0.497 e. The Bertz CT molecular complexity index is 880. The molecular weight excluding hydrogens is 531 g/mol. The molecule has 2 aromatic carbocycles. The predicted octanol–water partition coefficient (Wildman–Crippen LogP) is 3.80. The standard InChI is InChI=1S/C22H29ClN4O3.HI/c1-5-24-22(26-13-12-25-21(28)18-8-6-7-9-19(18)23)27(2)15-16-10-11-17(29-3)14-20(16)30-4;/h6-11,14H,5,12-13,15H2,1-4H3,(H,24,26)(H,25,28);1H. The molecule has 2 aromatic rings. The number of halogens is 2. The van der Waals surface area contributed by atoms with Crippen molar-refractivity contribution in [3.05, 3.63) is 58.6 Å². The van der Waals surface area contributed by atoms with Crippen LogP contribution in [0.3, 0.4) is 0 Å². The molecule has 0 spiro atoms. The maximum absolute atomic E-state index is 12.2. The number of carbonyl (C=O) groups is 1. The van der Waals surface area contributed by atoms with Crippen LogP contribution in [0, 0.1) is 0 Å². The van der Waals surface area contributed by atoms with Crippen molar-refractivity contribution in [2.24, 2.45) is 4.99 Å². The van der Waals surface area contributed by atoms with E-state index in [-0.39, 0.29) is 29.9 Å². The Morgan fingerprint density at radius 1 is 1.13 bits per heavy atom. The fourth-order valence-corrected chi connectivity index (χ4v) is 3.08.